The Hall–Kier alpha value is -3.57. The molecular weight excluding hydrogens is 388 g/mol. The maximum Gasteiger partial charge on any atom is 0.335 e. The molecule has 1 aromatic heterocycles. The fourth-order valence-electron chi connectivity index (χ4n) is 3.04. The molecule has 4 rings (SSSR count). The molecule has 144 valence electrons. The number of halogens is 1. The Kier molecular flexibility index (Phi) is 5.31. The summed E-state index contributed by atoms with van der Waals surface area (Å²) in [6, 6.07) is 23.8. The summed E-state index contributed by atoms with van der Waals surface area (Å²) in [7, 11) is 0. The van der Waals surface area contributed by atoms with Gasteiger partial charge in [-0.25, -0.2) is 9.48 Å². The summed E-state index contributed by atoms with van der Waals surface area (Å²) in [5, 5.41) is 14.3. The Balaban J connectivity index is 1.73. The molecule has 1 heterocycles. The van der Waals surface area contributed by atoms with Crippen LogP contribution in [0.2, 0.25) is 5.02 Å². The van der Waals surface area contributed by atoms with Crippen LogP contribution in [-0.4, -0.2) is 20.9 Å². The number of carboxylic acid groups (broad SMARTS) is 1. The van der Waals surface area contributed by atoms with Gasteiger partial charge in [-0.05, 0) is 42.0 Å². The first-order chi connectivity index (χ1) is 14.1. The minimum Gasteiger partial charge on any atom is -0.487 e. The third kappa shape index (κ3) is 4.15. The van der Waals surface area contributed by atoms with Gasteiger partial charge in [-0.1, -0.05) is 54.1 Å². The lowest BCUT2D eigenvalue weighted by Gasteiger charge is -2.15. The maximum absolute atomic E-state index is 11.3. The molecule has 0 atom stereocenters. The fraction of sp³-hybridized carbons (Fsp3) is 0.0435. The van der Waals surface area contributed by atoms with Crippen molar-refractivity contribution >= 4 is 17.6 Å². The lowest BCUT2D eigenvalue weighted by molar-refractivity contribution is 0.0697. The van der Waals surface area contributed by atoms with E-state index in [-0.39, 0.29) is 5.56 Å². The van der Waals surface area contributed by atoms with E-state index in [1.807, 2.05) is 42.5 Å². The van der Waals surface area contributed by atoms with E-state index >= 15 is 0 Å². The molecule has 0 amide bonds. The van der Waals surface area contributed by atoms with Gasteiger partial charge in [0.25, 0.3) is 0 Å². The van der Waals surface area contributed by atoms with Gasteiger partial charge in [-0.2, -0.15) is 5.10 Å². The minimum atomic E-state index is -0.979. The Morgan fingerprint density at radius 2 is 1.83 bits per heavy atom. The lowest BCUT2D eigenvalue weighted by atomic mass is 10.1. The highest BCUT2D eigenvalue weighted by Crippen LogP contribution is 2.31. The fourth-order valence-corrected chi connectivity index (χ4v) is 3.21. The van der Waals surface area contributed by atoms with Crippen molar-refractivity contribution in [3.8, 4) is 22.7 Å². The summed E-state index contributed by atoms with van der Waals surface area (Å²) in [6.45, 7) is 0.403. The van der Waals surface area contributed by atoms with Crippen LogP contribution in [0.15, 0.2) is 85.1 Å². The van der Waals surface area contributed by atoms with Gasteiger partial charge >= 0.3 is 5.97 Å². The first kappa shape index (κ1) is 18.8. The van der Waals surface area contributed by atoms with Crippen molar-refractivity contribution in [1.29, 1.82) is 0 Å². The number of rotatable bonds is 6. The standard InChI is InChI=1S/C23H17ClN2O3/c24-19-9-10-22(29-15-16-5-2-1-3-6-16)21(14-19)26-20(11-12-25-26)17-7-4-8-18(13-17)23(27)28/h1-14H,15H2,(H,27,28). The lowest BCUT2D eigenvalue weighted by Crippen LogP contribution is -2.04. The van der Waals surface area contributed by atoms with Crippen LogP contribution >= 0.6 is 11.6 Å². The molecule has 0 aliphatic carbocycles. The van der Waals surface area contributed by atoms with Crippen LogP contribution in [0.25, 0.3) is 16.9 Å². The van der Waals surface area contributed by atoms with Crippen molar-refractivity contribution in [3.05, 3.63) is 101 Å². The van der Waals surface area contributed by atoms with Crippen LogP contribution in [0.5, 0.6) is 5.75 Å². The number of benzene rings is 3. The van der Waals surface area contributed by atoms with Gasteiger partial charge in [-0.3, -0.25) is 0 Å². The Morgan fingerprint density at radius 1 is 1.00 bits per heavy atom. The number of carboxylic acids is 1. The van der Waals surface area contributed by atoms with E-state index in [0.29, 0.717) is 23.1 Å². The average molecular weight is 405 g/mol. The van der Waals surface area contributed by atoms with Crippen molar-refractivity contribution < 1.29 is 14.6 Å². The second-order valence-electron chi connectivity index (χ2n) is 6.40. The number of aromatic nitrogens is 2. The summed E-state index contributed by atoms with van der Waals surface area (Å²) in [5.41, 5.74) is 3.40. The summed E-state index contributed by atoms with van der Waals surface area (Å²) >= 11 is 6.24. The number of nitrogens with zero attached hydrogens (tertiary/aromatic N) is 2. The summed E-state index contributed by atoms with van der Waals surface area (Å²) < 4.78 is 7.74. The second-order valence-corrected chi connectivity index (χ2v) is 6.84. The number of hydrogen-bond acceptors (Lipinski definition) is 3. The average Bonchev–Trinajstić information content (AvgIpc) is 3.23. The van der Waals surface area contributed by atoms with Gasteiger partial charge in [0, 0.05) is 10.6 Å². The van der Waals surface area contributed by atoms with E-state index in [0.717, 1.165) is 16.8 Å². The molecule has 0 spiro atoms. The number of carbonyl (C=O) groups is 1. The third-order valence-corrected chi connectivity index (χ3v) is 4.67. The van der Waals surface area contributed by atoms with Crippen LogP contribution in [0.4, 0.5) is 0 Å². The highest BCUT2D eigenvalue weighted by Gasteiger charge is 2.14. The van der Waals surface area contributed by atoms with Crippen molar-refractivity contribution in [3.63, 3.8) is 0 Å². The molecule has 5 nitrogen and oxygen atoms in total. The Labute approximate surface area is 172 Å². The van der Waals surface area contributed by atoms with Gasteiger partial charge in [0.05, 0.1) is 17.5 Å². The molecule has 0 bridgehead atoms. The van der Waals surface area contributed by atoms with Gasteiger partial charge in [0.1, 0.15) is 18.0 Å². The van der Waals surface area contributed by atoms with E-state index in [1.54, 1.807) is 47.3 Å². The smallest absolute Gasteiger partial charge is 0.335 e. The molecule has 0 radical (unpaired) electrons. The normalized spacial score (nSPS) is 10.7. The molecular formula is C23H17ClN2O3. The van der Waals surface area contributed by atoms with Gasteiger partial charge in [0.2, 0.25) is 0 Å². The van der Waals surface area contributed by atoms with E-state index in [9.17, 15) is 9.90 Å². The molecule has 0 unspecified atom stereocenters. The van der Waals surface area contributed by atoms with E-state index in [2.05, 4.69) is 5.10 Å². The van der Waals surface area contributed by atoms with Gasteiger partial charge in [0.15, 0.2) is 0 Å². The molecule has 29 heavy (non-hydrogen) atoms. The largest absolute Gasteiger partial charge is 0.487 e. The summed E-state index contributed by atoms with van der Waals surface area (Å²) in [4.78, 5) is 11.3. The predicted molar refractivity (Wildman–Crippen MR) is 112 cm³/mol. The molecule has 1 N–H and O–H groups in total. The van der Waals surface area contributed by atoms with Gasteiger partial charge in [-0.15, -0.1) is 0 Å². The first-order valence-electron chi connectivity index (χ1n) is 8.96. The Bertz CT molecular complexity index is 1160. The maximum atomic E-state index is 11.3. The zero-order chi connectivity index (χ0) is 20.2. The molecule has 0 saturated carbocycles. The number of aromatic carboxylic acids is 1. The molecule has 6 heteroatoms. The topological polar surface area (TPSA) is 64.3 Å². The number of ether oxygens (including phenoxy) is 1. The van der Waals surface area contributed by atoms with Crippen molar-refractivity contribution in [2.24, 2.45) is 0 Å². The molecule has 4 aromatic rings. The van der Waals surface area contributed by atoms with Crippen molar-refractivity contribution in [2.75, 3.05) is 0 Å². The first-order valence-corrected chi connectivity index (χ1v) is 9.34. The number of hydrogen-bond donors (Lipinski definition) is 1. The molecule has 0 saturated heterocycles. The second kappa shape index (κ2) is 8.20. The molecule has 0 aliphatic rings. The van der Waals surface area contributed by atoms with Crippen molar-refractivity contribution in [2.45, 2.75) is 6.61 Å². The highest BCUT2D eigenvalue weighted by molar-refractivity contribution is 6.30. The van der Waals surface area contributed by atoms with E-state index in [4.69, 9.17) is 16.3 Å². The summed E-state index contributed by atoms with van der Waals surface area (Å²) in [6.07, 6.45) is 1.66. The predicted octanol–water partition coefficient (Wildman–Crippen LogP) is 5.47. The minimum absolute atomic E-state index is 0.210. The monoisotopic (exact) mass is 404 g/mol. The molecule has 3 aromatic carbocycles. The SMILES string of the molecule is O=C(O)c1cccc(-c2ccnn2-c2cc(Cl)ccc2OCc2ccccc2)c1. The van der Waals surface area contributed by atoms with Crippen LogP contribution in [0.1, 0.15) is 15.9 Å². The zero-order valence-corrected chi connectivity index (χ0v) is 16.1. The van der Waals surface area contributed by atoms with E-state index in [1.165, 1.54) is 0 Å². The quantitative estimate of drug-likeness (QED) is 0.462. The van der Waals surface area contributed by atoms with Crippen LogP contribution in [-0.2, 0) is 6.61 Å². The van der Waals surface area contributed by atoms with Crippen LogP contribution in [0, 0.1) is 0 Å². The van der Waals surface area contributed by atoms with Crippen LogP contribution in [0.3, 0.4) is 0 Å². The van der Waals surface area contributed by atoms with Gasteiger partial charge < -0.3 is 9.84 Å². The third-order valence-electron chi connectivity index (χ3n) is 4.43. The molecule has 0 aliphatic heterocycles. The summed E-state index contributed by atoms with van der Waals surface area (Å²) in [5.74, 6) is -0.356. The van der Waals surface area contributed by atoms with Crippen LogP contribution < -0.4 is 4.74 Å². The van der Waals surface area contributed by atoms with Crippen molar-refractivity contribution in [1.82, 2.24) is 9.78 Å². The molecule has 0 fully saturated rings. The van der Waals surface area contributed by atoms with E-state index < -0.39 is 5.97 Å². The Morgan fingerprint density at radius 3 is 2.62 bits per heavy atom. The zero-order valence-electron chi connectivity index (χ0n) is 15.3. The highest BCUT2D eigenvalue weighted by atomic mass is 35.5.